The van der Waals surface area contributed by atoms with Gasteiger partial charge in [-0.3, -0.25) is 14.9 Å². The lowest BCUT2D eigenvalue weighted by atomic mass is 10.0. The molecule has 1 aliphatic rings. The molecule has 0 spiro atoms. The van der Waals surface area contributed by atoms with Crippen LogP contribution in [0.25, 0.3) is 0 Å². The smallest absolute Gasteiger partial charge is 0.293 e. The molecule has 8 heteroatoms. The summed E-state index contributed by atoms with van der Waals surface area (Å²) >= 11 is 11.9. The molecule has 1 saturated heterocycles. The Bertz CT molecular complexity index is 896. The summed E-state index contributed by atoms with van der Waals surface area (Å²) in [6, 6.07) is 10.1. The van der Waals surface area contributed by atoms with Crippen LogP contribution < -0.4 is 4.90 Å². The topological polar surface area (TPSA) is 72.7 Å². The van der Waals surface area contributed by atoms with E-state index in [9.17, 15) is 14.9 Å². The van der Waals surface area contributed by atoms with Gasteiger partial charge in [0.05, 0.1) is 27.7 Å². The highest BCUT2D eigenvalue weighted by molar-refractivity contribution is 6.42. The monoisotopic (exact) mass is 422 g/mol. The summed E-state index contributed by atoms with van der Waals surface area (Å²) in [4.78, 5) is 24.5. The van der Waals surface area contributed by atoms with Crippen molar-refractivity contribution in [2.45, 2.75) is 32.5 Å². The van der Waals surface area contributed by atoms with Gasteiger partial charge in [-0.25, -0.2) is 0 Å². The number of hydrogen-bond acceptors (Lipinski definition) is 5. The highest BCUT2D eigenvalue weighted by Gasteiger charge is 2.26. The third-order valence-corrected chi connectivity index (χ3v) is 5.57. The van der Waals surface area contributed by atoms with E-state index in [0.29, 0.717) is 41.0 Å². The van der Waals surface area contributed by atoms with Crippen molar-refractivity contribution in [3.63, 3.8) is 0 Å². The second kappa shape index (κ2) is 8.90. The molecule has 1 fully saturated rings. The molecule has 2 aromatic rings. The zero-order valence-corrected chi connectivity index (χ0v) is 16.9. The Morgan fingerprint density at radius 2 is 1.89 bits per heavy atom. The summed E-state index contributed by atoms with van der Waals surface area (Å²) < 4.78 is 5.97. The van der Waals surface area contributed by atoms with Crippen LogP contribution in [-0.4, -0.2) is 29.9 Å². The Balaban J connectivity index is 1.61. The Hall–Kier alpha value is -2.15. The van der Waals surface area contributed by atoms with Gasteiger partial charge in [-0.15, -0.1) is 0 Å². The number of hydrogen-bond donors (Lipinski definition) is 0. The molecule has 0 N–H and O–H groups in total. The minimum atomic E-state index is -0.436. The van der Waals surface area contributed by atoms with E-state index >= 15 is 0 Å². The number of halogens is 2. The first-order valence-electron chi connectivity index (χ1n) is 8.95. The van der Waals surface area contributed by atoms with E-state index in [1.807, 2.05) is 11.0 Å². The molecule has 1 heterocycles. The van der Waals surface area contributed by atoms with Gasteiger partial charge in [0, 0.05) is 24.7 Å². The number of ether oxygens (including phenoxy) is 1. The first kappa shape index (κ1) is 20.6. The van der Waals surface area contributed by atoms with Gasteiger partial charge in [0.1, 0.15) is 5.69 Å². The maximum absolute atomic E-state index is 11.5. The SMILES string of the molecule is CC(=O)c1ccc(N2CCC(OCc3ccc(Cl)c(Cl)c3)CC2)c([N+](=O)[O-])c1. The molecule has 0 aromatic heterocycles. The van der Waals surface area contributed by atoms with E-state index in [1.165, 1.54) is 13.0 Å². The maximum atomic E-state index is 11.5. The molecule has 0 unspecified atom stereocenters. The number of ketones is 1. The van der Waals surface area contributed by atoms with Gasteiger partial charge in [0.25, 0.3) is 5.69 Å². The van der Waals surface area contributed by atoms with Crippen LogP contribution in [0, 0.1) is 10.1 Å². The normalized spacial score (nSPS) is 14.9. The van der Waals surface area contributed by atoms with Gasteiger partial charge in [-0.2, -0.15) is 0 Å². The van der Waals surface area contributed by atoms with Crippen molar-refractivity contribution in [1.82, 2.24) is 0 Å². The summed E-state index contributed by atoms with van der Waals surface area (Å²) in [6.07, 6.45) is 1.58. The number of nitrogens with zero attached hydrogens (tertiary/aromatic N) is 2. The number of carbonyl (C=O) groups excluding carboxylic acids is 1. The van der Waals surface area contributed by atoms with Gasteiger partial charge in [0.15, 0.2) is 5.78 Å². The van der Waals surface area contributed by atoms with E-state index in [0.717, 1.165) is 18.4 Å². The van der Waals surface area contributed by atoms with Crippen molar-refractivity contribution in [2.75, 3.05) is 18.0 Å². The van der Waals surface area contributed by atoms with Crippen molar-refractivity contribution in [1.29, 1.82) is 0 Å². The third-order valence-electron chi connectivity index (χ3n) is 4.83. The van der Waals surface area contributed by atoms with Crippen molar-refractivity contribution in [2.24, 2.45) is 0 Å². The largest absolute Gasteiger partial charge is 0.373 e. The number of benzene rings is 2. The molecule has 0 radical (unpaired) electrons. The van der Waals surface area contributed by atoms with Crippen molar-refractivity contribution < 1.29 is 14.5 Å². The average molecular weight is 423 g/mol. The fourth-order valence-corrected chi connectivity index (χ4v) is 3.58. The fourth-order valence-electron chi connectivity index (χ4n) is 3.26. The molecule has 0 atom stereocenters. The minimum Gasteiger partial charge on any atom is -0.373 e. The molecular weight excluding hydrogens is 403 g/mol. The average Bonchev–Trinajstić information content (AvgIpc) is 2.68. The summed E-state index contributed by atoms with van der Waals surface area (Å²) in [6.45, 7) is 3.13. The highest BCUT2D eigenvalue weighted by atomic mass is 35.5. The van der Waals surface area contributed by atoms with Crippen LogP contribution in [0.3, 0.4) is 0 Å². The van der Waals surface area contributed by atoms with Crippen LogP contribution in [0.2, 0.25) is 10.0 Å². The van der Waals surface area contributed by atoms with Crippen molar-refractivity contribution in [3.8, 4) is 0 Å². The van der Waals surface area contributed by atoms with Crippen molar-refractivity contribution >= 4 is 40.4 Å². The number of carbonyl (C=O) groups is 1. The lowest BCUT2D eigenvalue weighted by Gasteiger charge is -2.33. The summed E-state index contributed by atoms with van der Waals surface area (Å²) in [5, 5.41) is 12.4. The van der Waals surface area contributed by atoms with Crippen LogP contribution in [0.15, 0.2) is 36.4 Å². The summed E-state index contributed by atoms with van der Waals surface area (Å²) in [7, 11) is 0. The maximum Gasteiger partial charge on any atom is 0.293 e. The predicted octanol–water partition coefficient (Wildman–Crippen LogP) is 5.29. The first-order valence-corrected chi connectivity index (χ1v) is 9.70. The first-order chi connectivity index (χ1) is 13.3. The molecule has 1 aliphatic heterocycles. The third kappa shape index (κ3) is 4.82. The number of nitro benzene ring substituents is 1. The van der Waals surface area contributed by atoms with Gasteiger partial charge in [-0.1, -0.05) is 29.3 Å². The Kier molecular flexibility index (Phi) is 6.54. The van der Waals surface area contributed by atoms with E-state index in [1.54, 1.807) is 24.3 Å². The van der Waals surface area contributed by atoms with Crippen LogP contribution in [0.5, 0.6) is 0 Å². The van der Waals surface area contributed by atoms with Crippen LogP contribution in [0.4, 0.5) is 11.4 Å². The van der Waals surface area contributed by atoms with E-state index in [2.05, 4.69) is 0 Å². The zero-order chi connectivity index (χ0) is 20.3. The Morgan fingerprint density at radius 3 is 2.50 bits per heavy atom. The lowest BCUT2D eigenvalue weighted by Crippen LogP contribution is -2.37. The quantitative estimate of drug-likeness (QED) is 0.359. The Morgan fingerprint density at radius 1 is 1.18 bits per heavy atom. The summed E-state index contributed by atoms with van der Waals surface area (Å²) in [5.41, 5.74) is 1.79. The number of anilines is 1. The molecule has 6 nitrogen and oxygen atoms in total. The fraction of sp³-hybridized carbons (Fsp3) is 0.350. The van der Waals surface area contributed by atoms with E-state index in [4.69, 9.17) is 27.9 Å². The molecule has 3 rings (SSSR count). The van der Waals surface area contributed by atoms with Crippen LogP contribution >= 0.6 is 23.2 Å². The molecule has 0 aliphatic carbocycles. The molecular formula is C20H20Cl2N2O4. The van der Waals surface area contributed by atoms with Gasteiger partial charge >= 0.3 is 0 Å². The molecule has 2 aromatic carbocycles. The molecule has 0 amide bonds. The minimum absolute atomic E-state index is 0.0390. The van der Waals surface area contributed by atoms with E-state index in [-0.39, 0.29) is 17.6 Å². The molecule has 28 heavy (non-hydrogen) atoms. The number of Topliss-reactive ketones (excluding diaryl/α,β-unsaturated/α-hetero) is 1. The van der Waals surface area contributed by atoms with E-state index < -0.39 is 4.92 Å². The molecule has 148 valence electrons. The zero-order valence-electron chi connectivity index (χ0n) is 15.4. The molecule has 0 saturated carbocycles. The lowest BCUT2D eigenvalue weighted by molar-refractivity contribution is -0.384. The van der Waals surface area contributed by atoms with Gasteiger partial charge < -0.3 is 9.64 Å². The number of rotatable bonds is 6. The second-order valence-electron chi connectivity index (χ2n) is 6.76. The highest BCUT2D eigenvalue weighted by Crippen LogP contribution is 2.32. The van der Waals surface area contributed by atoms with Crippen molar-refractivity contribution in [3.05, 3.63) is 67.7 Å². The molecule has 0 bridgehead atoms. The van der Waals surface area contributed by atoms with Gasteiger partial charge in [-0.05, 0) is 49.6 Å². The van der Waals surface area contributed by atoms with Crippen LogP contribution in [0.1, 0.15) is 35.7 Å². The van der Waals surface area contributed by atoms with Crippen LogP contribution in [-0.2, 0) is 11.3 Å². The number of nitro groups is 1. The summed E-state index contributed by atoms with van der Waals surface area (Å²) in [5.74, 6) is -0.191. The number of piperidine rings is 1. The standard InChI is InChI=1S/C20H20Cl2N2O4/c1-13(25)15-3-5-19(20(11-15)24(26)27)23-8-6-16(7-9-23)28-12-14-2-4-17(21)18(22)10-14/h2-5,10-11,16H,6-9,12H2,1H3. The Labute approximate surface area is 173 Å². The second-order valence-corrected chi connectivity index (χ2v) is 7.58. The predicted molar refractivity (Wildman–Crippen MR) is 110 cm³/mol. The van der Waals surface area contributed by atoms with Gasteiger partial charge in [0.2, 0.25) is 0 Å².